The van der Waals surface area contributed by atoms with Gasteiger partial charge in [0.25, 0.3) is 0 Å². The minimum Gasteiger partial charge on any atom is -0.386 e. The van der Waals surface area contributed by atoms with Crippen molar-refractivity contribution in [3.05, 3.63) is 46.5 Å². The highest BCUT2D eigenvalue weighted by molar-refractivity contribution is 6.35. The molecule has 0 aliphatic heterocycles. The van der Waals surface area contributed by atoms with Gasteiger partial charge in [0.15, 0.2) is 0 Å². The number of aliphatic hydroxyl groups is 1. The zero-order valence-corrected chi connectivity index (χ0v) is 13.6. The van der Waals surface area contributed by atoms with E-state index in [0.29, 0.717) is 15.7 Å². The van der Waals surface area contributed by atoms with E-state index in [1.165, 1.54) is 6.33 Å². The van der Waals surface area contributed by atoms with Crippen LogP contribution in [0.25, 0.3) is 11.8 Å². The third-order valence-corrected chi connectivity index (χ3v) is 3.61. The summed E-state index contributed by atoms with van der Waals surface area (Å²) in [5.41, 5.74) is 1.01. The molecule has 1 aromatic heterocycles. The molecule has 4 nitrogen and oxygen atoms in total. The van der Waals surface area contributed by atoms with Crippen molar-refractivity contribution in [3.63, 3.8) is 0 Å². The molecule has 0 unspecified atom stereocenters. The Balaban J connectivity index is 2.52. The van der Waals surface area contributed by atoms with E-state index in [1.807, 2.05) is 20.8 Å². The number of aromatic nitrogens is 3. The lowest BCUT2D eigenvalue weighted by Crippen LogP contribution is -2.29. The Labute approximate surface area is 134 Å². The molecule has 21 heavy (non-hydrogen) atoms. The predicted molar refractivity (Wildman–Crippen MR) is 86.1 cm³/mol. The van der Waals surface area contributed by atoms with Gasteiger partial charge in [-0.15, -0.1) is 0 Å². The van der Waals surface area contributed by atoms with Crippen LogP contribution in [0.15, 0.2) is 30.9 Å². The topological polar surface area (TPSA) is 50.9 Å². The van der Waals surface area contributed by atoms with Gasteiger partial charge in [-0.1, -0.05) is 50.0 Å². The number of hydrogen-bond acceptors (Lipinski definition) is 3. The fourth-order valence-electron chi connectivity index (χ4n) is 1.83. The van der Waals surface area contributed by atoms with E-state index in [1.54, 1.807) is 35.3 Å². The van der Waals surface area contributed by atoms with Gasteiger partial charge in [0.2, 0.25) is 0 Å². The third kappa shape index (κ3) is 3.84. The van der Waals surface area contributed by atoms with E-state index in [2.05, 4.69) is 10.1 Å². The summed E-state index contributed by atoms with van der Waals surface area (Å²) in [7, 11) is 0. The van der Waals surface area contributed by atoms with Crippen molar-refractivity contribution in [2.75, 3.05) is 0 Å². The highest BCUT2D eigenvalue weighted by Gasteiger charge is 2.27. The quantitative estimate of drug-likeness (QED) is 0.928. The molecule has 0 spiro atoms. The van der Waals surface area contributed by atoms with Gasteiger partial charge in [-0.05, 0) is 29.2 Å². The number of hydrogen-bond donors (Lipinski definition) is 1. The van der Waals surface area contributed by atoms with E-state index in [0.717, 1.165) is 5.56 Å². The molecule has 112 valence electrons. The maximum Gasteiger partial charge on any atom is 0.138 e. The maximum absolute atomic E-state index is 10.6. The summed E-state index contributed by atoms with van der Waals surface area (Å²) in [5.74, 6) is 0. The minimum absolute atomic E-state index is 0.351. The Morgan fingerprint density at radius 3 is 2.57 bits per heavy atom. The largest absolute Gasteiger partial charge is 0.386 e. The van der Waals surface area contributed by atoms with Crippen molar-refractivity contribution in [2.45, 2.75) is 26.9 Å². The van der Waals surface area contributed by atoms with Crippen LogP contribution in [0.4, 0.5) is 0 Å². The molecule has 0 bridgehead atoms. The Morgan fingerprint density at radius 2 is 2.05 bits per heavy atom. The van der Waals surface area contributed by atoms with Crippen LogP contribution in [-0.4, -0.2) is 26.0 Å². The number of rotatable bonds is 3. The van der Waals surface area contributed by atoms with Crippen molar-refractivity contribution >= 4 is 35.0 Å². The summed E-state index contributed by atoms with van der Waals surface area (Å²) in [6.45, 7) is 5.85. The van der Waals surface area contributed by atoms with Crippen LogP contribution in [-0.2, 0) is 0 Å². The van der Waals surface area contributed by atoms with Gasteiger partial charge in [0.05, 0.1) is 5.70 Å². The van der Waals surface area contributed by atoms with Gasteiger partial charge in [0, 0.05) is 10.0 Å². The van der Waals surface area contributed by atoms with Crippen molar-refractivity contribution < 1.29 is 5.11 Å². The van der Waals surface area contributed by atoms with E-state index in [9.17, 15) is 5.11 Å². The molecule has 2 aromatic rings. The van der Waals surface area contributed by atoms with Crippen molar-refractivity contribution in [2.24, 2.45) is 5.41 Å². The van der Waals surface area contributed by atoms with Crippen LogP contribution < -0.4 is 0 Å². The normalized spacial score (nSPS) is 14.3. The molecule has 0 fully saturated rings. The van der Waals surface area contributed by atoms with E-state index in [-0.39, 0.29) is 5.41 Å². The Kier molecular flexibility index (Phi) is 4.71. The van der Waals surface area contributed by atoms with Crippen LogP contribution in [0.3, 0.4) is 0 Å². The summed E-state index contributed by atoms with van der Waals surface area (Å²) in [4.78, 5) is 3.93. The number of aliphatic hydroxyl groups excluding tert-OH is 1. The van der Waals surface area contributed by atoms with E-state index < -0.39 is 6.10 Å². The smallest absolute Gasteiger partial charge is 0.138 e. The molecule has 0 radical (unpaired) electrons. The fourth-order valence-corrected chi connectivity index (χ4v) is 2.30. The monoisotopic (exact) mass is 325 g/mol. The number of benzene rings is 1. The molecule has 0 aliphatic rings. The standard InChI is InChI=1S/C15H17Cl2N3O/c1-15(2,3)14(21)13(20-9-18-8-19-20)6-10-4-5-11(16)7-12(10)17/h4-9,14,21H,1-3H3/b13-6+/t14-/m0/s1. The molecule has 1 N–H and O–H groups in total. The molecular weight excluding hydrogens is 309 g/mol. The highest BCUT2D eigenvalue weighted by Crippen LogP contribution is 2.30. The first-order valence-corrected chi connectivity index (χ1v) is 7.24. The lowest BCUT2D eigenvalue weighted by atomic mass is 9.86. The molecule has 6 heteroatoms. The maximum atomic E-state index is 10.6. The zero-order chi connectivity index (χ0) is 15.6. The zero-order valence-electron chi connectivity index (χ0n) is 12.1. The second-order valence-corrected chi connectivity index (χ2v) is 6.69. The van der Waals surface area contributed by atoms with Crippen LogP contribution in [0.5, 0.6) is 0 Å². The third-order valence-electron chi connectivity index (χ3n) is 3.05. The molecule has 1 atom stereocenters. The molecule has 2 rings (SSSR count). The van der Waals surface area contributed by atoms with Gasteiger partial charge < -0.3 is 5.11 Å². The molecular formula is C15H17Cl2N3O. The van der Waals surface area contributed by atoms with Gasteiger partial charge in [-0.2, -0.15) is 5.10 Å². The summed E-state index contributed by atoms with van der Waals surface area (Å²) in [6.07, 6.45) is 4.03. The molecule has 0 aliphatic carbocycles. The van der Waals surface area contributed by atoms with Crippen molar-refractivity contribution in [3.8, 4) is 0 Å². The molecule has 0 saturated carbocycles. The molecule has 0 amide bonds. The van der Waals surface area contributed by atoms with Crippen LogP contribution in [0.2, 0.25) is 10.0 Å². The first-order valence-electron chi connectivity index (χ1n) is 6.49. The first kappa shape index (κ1) is 16.0. The number of halogens is 2. The highest BCUT2D eigenvalue weighted by atomic mass is 35.5. The Bertz CT molecular complexity index is 645. The lowest BCUT2D eigenvalue weighted by molar-refractivity contribution is 0.109. The van der Waals surface area contributed by atoms with Gasteiger partial charge >= 0.3 is 0 Å². The van der Waals surface area contributed by atoms with E-state index >= 15 is 0 Å². The van der Waals surface area contributed by atoms with Gasteiger partial charge in [0.1, 0.15) is 18.8 Å². The predicted octanol–water partition coefficient (Wildman–Crippen LogP) is 3.99. The van der Waals surface area contributed by atoms with Crippen molar-refractivity contribution in [1.29, 1.82) is 0 Å². The molecule has 1 aromatic carbocycles. The van der Waals surface area contributed by atoms with E-state index in [4.69, 9.17) is 23.2 Å². The fraction of sp³-hybridized carbons (Fsp3) is 0.333. The van der Waals surface area contributed by atoms with Crippen LogP contribution >= 0.6 is 23.2 Å². The second kappa shape index (κ2) is 6.18. The van der Waals surface area contributed by atoms with Gasteiger partial charge in [-0.25, -0.2) is 9.67 Å². The summed E-state index contributed by atoms with van der Waals surface area (Å²) >= 11 is 12.1. The summed E-state index contributed by atoms with van der Waals surface area (Å²) in [6, 6.07) is 5.22. The minimum atomic E-state index is -0.731. The second-order valence-electron chi connectivity index (χ2n) is 5.84. The lowest BCUT2D eigenvalue weighted by Gasteiger charge is -2.28. The SMILES string of the molecule is CC(C)(C)[C@@H](O)/C(=C\c1ccc(Cl)cc1Cl)n1cncn1. The molecule has 0 saturated heterocycles. The number of nitrogens with zero attached hydrogens (tertiary/aromatic N) is 3. The summed E-state index contributed by atoms with van der Waals surface area (Å²) in [5, 5.41) is 15.8. The average Bonchev–Trinajstić information content (AvgIpc) is 2.90. The van der Waals surface area contributed by atoms with Crippen LogP contribution in [0.1, 0.15) is 26.3 Å². The van der Waals surface area contributed by atoms with Gasteiger partial charge in [-0.3, -0.25) is 0 Å². The molecule has 1 heterocycles. The van der Waals surface area contributed by atoms with Crippen molar-refractivity contribution in [1.82, 2.24) is 14.8 Å². The first-order chi connectivity index (χ1) is 9.79. The summed E-state index contributed by atoms with van der Waals surface area (Å²) < 4.78 is 1.54. The van der Waals surface area contributed by atoms with Crippen LogP contribution in [0, 0.1) is 5.41 Å². The average molecular weight is 326 g/mol. The Hall–Kier alpha value is -1.36. The Morgan fingerprint density at radius 1 is 1.33 bits per heavy atom.